The molecule has 1 N–H and O–H groups in total. The highest BCUT2D eigenvalue weighted by Gasteiger charge is 2.25. The number of rotatable bonds is 6. The molecular formula is C7H13ClF3NO. The molecule has 2 nitrogen and oxygen atoms in total. The van der Waals surface area contributed by atoms with Crippen LogP contribution in [0.3, 0.4) is 0 Å². The van der Waals surface area contributed by atoms with Crippen molar-refractivity contribution in [1.82, 2.24) is 5.32 Å². The van der Waals surface area contributed by atoms with Crippen LogP contribution in [0.15, 0.2) is 0 Å². The van der Waals surface area contributed by atoms with E-state index in [9.17, 15) is 13.2 Å². The van der Waals surface area contributed by atoms with Gasteiger partial charge in [-0.05, 0) is 0 Å². The van der Waals surface area contributed by atoms with Crippen molar-refractivity contribution in [1.29, 1.82) is 0 Å². The summed E-state index contributed by atoms with van der Waals surface area (Å²) in [5.74, 6) is 0. The molecule has 0 fully saturated rings. The molecule has 0 rings (SSSR count). The third-order valence-electron chi connectivity index (χ3n) is 1.30. The molecule has 0 bridgehead atoms. The molecule has 0 saturated heterocycles. The summed E-state index contributed by atoms with van der Waals surface area (Å²) in [5, 5.41) is 2.32. The van der Waals surface area contributed by atoms with Gasteiger partial charge in [-0.15, -0.1) is 11.6 Å². The van der Waals surface area contributed by atoms with Crippen molar-refractivity contribution >= 4 is 11.6 Å². The lowest BCUT2D eigenvalue weighted by atomic mass is 10.4. The standard InChI is InChI=1S/C7H13ClF3NO/c1-13-5-6(8)4-12-3-2-7(9,10)11/h6,12H,2-5H2,1H3. The van der Waals surface area contributed by atoms with Crippen molar-refractivity contribution < 1.29 is 17.9 Å². The normalized spacial score (nSPS) is 14.5. The molecule has 0 heterocycles. The lowest BCUT2D eigenvalue weighted by molar-refractivity contribution is -0.133. The second-order valence-electron chi connectivity index (χ2n) is 2.62. The van der Waals surface area contributed by atoms with Crippen molar-refractivity contribution in [3.63, 3.8) is 0 Å². The zero-order valence-electron chi connectivity index (χ0n) is 7.33. The Hall–Kier alpha value is -0.0000000000000000555. The van der Waals surface area contributed by atoms with Crippen LogP contribution in [0.25, 0.3) is 0 Å². The summed E-state index contributed by atoms with van der Waals surface area (Å²) in [5.41, 5.74) is 0. The Kier molecular flexibility index (Phi) is 6.45. The van der Waals surface area contributed by atoms with Crippen molar-refractivity contribution in [2.45, 2.75) is 18.0 Å². The first-order valence-electron chi connectivity index (χ1n) is 3.86. The second kappa shape index (κ2) is 6.45. The molecule has 1 unspecified atom stereocenters. The third kappa shape index (κ3) is 9.92. The molecule has 6 heteroatoms. The summed E-state index contributed by atoms with van der Waals surface area (Å²) < 4.78 is 39.6. The Bertz CT molecular complexity index is 131. The Labute approximate surface area is 80.4 Å². The lowest BCUT2D eigenvalue weighted by Crippen LogP contribution is -2.29. The van der Waals surface area contributed by atoms with Crippen LogP contribution in [0.5, 0.6) is 0 Å². The third-order valence-corrected chi connectivity index (χ3v) is 1.58. The highest BCUT2D eigenvalue weighted by Crippen LogP contribution is 2.18. The SMILES string of the molecule is COCC(Cl)CNCCC(F)(F)F. The summed E-state index contributed by atoms with van der Waals surface area (Å²) in [6.07, 6.45) is -4.93. The molecule has 0 aromatic carbocycles. The number of hydrogen-bond donors (Lipinski definition) is 1. The molecule has 0 aliphatic heterocycles. The fourth-order valence-corrected chi connectivity index (χ4v) is 0.964. The van der Waals surface area contributed by atoms with Crippen LogP contribution in [0, 0.1) is 0 Å². The Balaban J connectivity index is 3.25. The lowest BCUT2D eigenvalue weighted by Gasteiger charge is -2.10. The van der Waals surface area contributed by atoms with Gasteiger partial charge in [0.15, 0.2) is 0 Å². The summed E-state index contributed by atoms with van der Waals surface area (Å²) in [4.78, 5) is 0. The minimum atomic E-state index is -4.10. The summed E-state index contributed by atoms with van der Waals surface area (Å²) in [6.45, 7) is 0.558. The Morgan fingerprint density at radius 1 is 1.46 bits per heavy atom. The van der Waals surface area contributed by atoms with E-state index >= 15 is 0 Å². The second-order valence-corrected chi connectivity index (χ2v) is 3.24. The van der Waals surface area contributed by atoms with Crippen LogP contribution < -0.4 is 5.32 Å². The van der Waals surface area contributed by atoms with Gasteiger partial charge in [-0.1, -0.05) is 0 Å². The van der Waals surface area contributed by atoms with Crippen LogP contribution in [0.2, 0.25) is 0 Å². The van der Waals surface area contributed by atoms with E-state index < -0.39 is 12.6 Å². The predicted octanol–water partition coefficient (Wildman–Crippen LogP) is 1.78. The molecule has 0 amide bonds. The Morgan fingerprint density at radius 3 is 2.54 bits per heavy atom. The number of methoxy groups -OCH3 is 1. The molecule has 0 aliphatic rings. The fraction of sp³-hybridized carbons (Fsp3) is 1.00. The molecule has 1 atom stereocenters. The fourth-order valence-electron chi connectivity index (χ4n) is 0.729. The van der Waals surface area contributed by atoms with E-state index in [-0.39, 0.29) is 11.9 Å². The van der Waals surface area contributed by atoms with Crippen molar-refractivity contribution in [2.75, 3.05) is 26.8 Å². The van der Waals surface area contributed by atoms with Crippen LogP contribution in [-0.4, -0.2) is 38.4 Å². The van der Waals surface area contributed by atoms with Gasteiger partial charge in [0.25, 0.3) is 0 Å². The molecule has 0 radical (unpaired) electrons. The Morgan fingerprint density at radius 2 is 2.08 bits per heavy atom. The molecular weight excluding hydrogens is 207 g/mol. The summed E-state index contributed by atoms with van der Waals surface area (Å²) in [7, 11) is 1.49. The first kappa shape index (κ1) is 13.0. The molecule has 0 aliphatic carbocycles. The molecule has 0 spiro atoms. The van der Waals surface area contributed by atoms with E-state index in [1.807, 2.05) is 0 Å². The van der Waals surface area contributed by atoms with Gasteiger partial charge in [0.2, 0.25) is 0 Å². The highest BCUT2D eigenvalue weighted by atomic mass is 35.5. The molecule has 0 aromatic rings. The maximum Gasteiger partial charge on any atom is 0.390 e. The van der Waals surface area contributed by atoms with Gasteiger partial charge in [-0.2, -0.15) is 13.2 Å². The van der Waals surface area contributed by atoms with Crippen LogP contribution in [0.4, 0.5) is 13.2 Å². The monoisotopic (exact) mass is 219 g/mol. The van der Waals surface area contributed by atoms with Crippen LogP contribution in [-0.2, 0) is 4.74 Å². The minimum absolute atomic E-state index is 0.101. The first-order valence-corrected chi connectivity index (χ1v) is 4.30. The largest absolute Gasteiger partial charge is 0.390 e. The molecule has 0 saturated carbocycles. The van der Waals surface area contributed by atoms with E-state index in [0.717, 1.165) is 0 Å². The first-order chi connectivity index (χ1) is 5.95. The van der Waals surface area contributed by atoms with Gasteiger partial charge in [0, 0.05) is 20.2 Å². The van der Waals surface area contributed by atoms with Gasteiger partial charge in [-0.3, -0.25) is 0 Å². The average molecular weight is 220 g/mol. The number of alkyl halides is 4. The van der Waals surface area contributed by atoms with E-state index in [1.54, 1.807) is 0 Å². The van der Waals surface area contributed by atoms with E-state index in [0.29, 0.717) is 13.2 Å². The quantitative estimate of drug-likeness (QED) is 0.543. The van der Waals surface area contributed by atoms with Crippen LogP contribution in [0.1, 0.15) is 6.42 Å². The van der Waals surface area contributed by atoms with Gasteiger partial charge < -0.3 is 10.1 Å². The van der Waals surface area contributed by atoms with Gasteiger partial charge in [-0.25, -0.2) is 0 Å². The highest BCUT2D eigenvalue weighted by molar-refractivity contribution is 6.20. The van der Waals surface area contributed by atoms with Gasteiger partial charge in [0.05, 0.1) is 18.4 Å². The summed E-state index contributed by atoms with van der Waals surface area (Å²) in [6, 6.07) is 0. The number of hydrogen-bond acceptors (Lipinski definition) is 2. The van der Waals surface area contributed by atoms with E-state index in [1.165, 1.54) is 7.11 Å². The van der Waals surface area contributed by atoms with Gasteiger partial charge in [0.1, 0.15) is 0 Å². The maximum absolute atomic E-state index is 11.6. The van der Waals surface area contributed by atoms with Gasteiger partial charge >= 0.3 is 6.18 Å². The topological polar surface area (TPSA) is 21.3 Å². The number of ether oxygens (including phenoxy) is 1. The van der Waals surface area contributed by atoms with Crippen LogP contribution >= 0.6 is 11.6 Å². The van der Waals surface area contributed by atoms with E-state index in [4.69, 9.17) is 16.3 Å². The number of nitrogens with one attached hydrogen (secondary N) is 1. The zero-order valence-corrected chi connectivity index (χ0v) is 8.08. The number of halogens is 4. The summed E-state index contributed by atoms with van der Waals surface area (Å²) >= 11 is 5.66. The van der Waals surface area contributed by atoms with Crippen molar-refractivity contribution in [3.05, 3.63) is 0 Å². The maximum atomic E-state index is 11.6. The predicted molar refractivity (Wildman–Crippen MR) is 45.1 cm³/mol. The van der Waals surface area contributed by atoms with Crippen molar-refractivity contribution in [3.8, 4) is 0 Å². The zero-order chi connectivity index (χ0) is 10.3. The molecule has 13 heavy (non-hydrogen) atoms. The average Bonchev–Trinajstić information content (AvgIpc) is 1.97. The van der Waals surface area contributed by atoms with Crippen molar-refractivity contribution in [2.24, 2.45) is 0 Å². The van der Waals surface area contributed by atoms with E-state index in [2.05, 4.69) is 5.32 Å². The molecule has 80 valence electrons. The minimum Gasteiger partial charge on any atom is -0.383 e. The smallest absolute Gasteiger partial charge is 0.383 e. The molecule has 0 aromatic heterocycles.